The van der Waals surface area contributed by atoms with Crippen LogP contribution in [0.3, 0.4) is 0 Å². The second-order valence-electron chi connectivity index (χ2n) is 5.02. The molecule has 1 aromatic carbocycles. The Morgan fingerprint density at radius 2 is 1.83 bits per heavy atom. The van der Waals surface area contributed by atoms with Crippen molar-refractivity contribution in [3.63, 3.8) is 0 Å². The second-order valence-corrected chi connectivity index (χ2v) is 5.02. The molecule has 1 amide bonds. The van der Waals surface area contributed by atoms with Crippen LogP contribution in [0.1, 0.15) is 24.2 Å². The molecule has 1 aliphatic rings. The quantitative estimate of drug-likeness (QED) is 0.638. The summed E-state index contributed by atoms with van der Waals surface area (Å²) in [7, 11) is 0. The molecule has 2 rings (SSSR count). The molecule has 98 valence electrons. The molecule has 1 aliphatic heterocycles. The molecule has 0 aliphatic carbocycles. The lowest BCUT2D eigenvalue weighted by Crippen LogP contribution is -2.55. The van der Waals surface area contributed by atoms with Crippen LogP contribution in [0.25, 0.3) is 0 Å². The van der Waals surface area contributed by atoms with Crippen molar-refractivity contribution < 1.29 is 4.79 Å². The minimum absolute atomic E-state index is 0.0156. The summed E-state index contributed by atoms with van der Waals surface area (Å²) in [6.07, 6.45) is 0. The van der Waals surface area contributed by atoms with E-state index in [1.807, 2.05) is 4.90 Å². The summed E-state index contributed by atoms with van der Waals surface area (Å²) in [5.74, 6) is 0.0156. The lowest BCUT2D eigenvalue weighted by Gasteiger charge is -2.36. The van der Waals surface area contributed by atoms with Crippen molar-refractivity contribution in [2.24, 2.45) is 0 Å². The van der Waals surface area contributed by atoms with E-state index in [1.54, 1.807) is 18.2 Å². The van der Waals surface area contributed by atoms with Crippen LogP contribution in [0.15, 0.2) is 18.2 Å². The molecular formula is C13H20N4O. The Morgan fingerprint density at radius 1 is 1.22 bits per heavy atom. The SMILES string of the molecule is CC1CN(C(=O)c2ccc(N)c(N)c2)CC(C)N1. The molecular weight excluding hydrogens is 228 g/mol. The minimum atomic E-state index is 0.0156. The summed E-state index contributed by atoms with van der Waals surface area (Å²) in [5.41, 5.74) is 12.9. The van der Waals surface area contributed by atoms with Crippen LogP contribution in [0.2, 0.25) is 0 Å². The van der Waals surface area contributed by atoms with Crippen molar-refractivity contribution in [1.82, 2.24) is 10.2 Å². The first-order chi connectivity index (χ1) is 8.47. The van der Waals surface area contributed by atoms with Gasteiger partial charge in [-0.3, -0.25) is 4.79 Å². The average Bonchev–Trinajstić information content (AvgIpc) is 2.30. The molecule has 1 aromatic rings. The number of piperazine rings is 1. The number of carbonyl (C=O) groups is 1. The summed E-state index contributed by atoms with van der Waals surface area (Å²) in [4.78, 5) is 14.2. The predicted octanol–water partition coefficient (Wildman–Crippen LogP) is 0.673. The van der Waals surface area contributed by atoms with Gasteiger partial charge in [-0.25, -0.2) is 0 Å². The maximum Gasteiger partial charge on any atom is 0.254 e. The Balaban J connectivity index is 2.17. The van der Waals surface area contributed by atoms with Gasteiger partial charge in [-0.05, 0) is 32.0 Å². The van der Waals surface area contributed by atoms with Gasteiger partial charge in [-0.1, -0.05) is 0 Å². The normalized spacial score (nSPS) is 24.0. The number of amides is 1. The molecule has 5 N–H and O–H groups in total. The van der Waals surface area contributed by atoms with Crippen molar-refractivity contribution in [2.45, 2.75) is 25.9 Å². The largest absolute Gasteiger partial charge is 0.397 e. The van der Waals surface area contributed by atoms with Crippen molar-refractivity contribution in [2.75, 3.05) is 24.6 Å². The maximum absolute atomic E-state index is 12.4. The highest BCUT2D eigenvalue weighted by Crippen LogP contribution is 2.18. The zero-order valence-electron chi connectivity index (χ0n) is 10.8. The lowest BCUT2D eigenvalue weighted by molar-refractivity contribution is 0.0674. The van der Waals surface area contributed by atoms with Gasteiger partial charge in [-0.15, -0.1) is 0 Å². The number of benzene rings is 1. The highest BCUT2D eigenvalue weighted by Gasteiger charge is 2.25. The number of carbonyl (C=O) groups excluding carboxylic acids is 1. The van der Waals surface area contributed by atoms with Gasteiger partial charge < -0.3 is 21.7 Å². The highest BCUT2D eigenvalue weighted by atomic mass is 16.2. The third-order valence-electron chi connectivity index (χ3n) is 3.18. The Labute approximate surface area is 107 Å². The number of nitrogen functional groups attached to an aromatic ring is 2. The molecule has 18 heavy (non-hydrogen) atoms. The maximum atomic E-state index is 12.4. The topological polar surface area (TPSA) is 84.4 Å². The van der Waals surface area contributed by atoms with Crippen molar-refractivity contribution in [3.05, 3.63) is 23.8 Å². The van der Waals surface area contributed by atoms with Gasteiger partial charge in [0.25, 0.3) is 5.91 Å². The molecule has 2 atom stereocenters. The summed E-state index contributed by atoms with van der Waals surface area (Å²) < 4.78 is 0. The number of anilines is 2. The van der Waals surface area contributed by atoms with Crippen LogP contribution >= 0.6 is 0 Å². The van der Waals surface area contributed by atoms with E-state index in [1.165, 1.54) is 0 Å². The first kappa shape index (κ1) is 12.7. The third-order valence-corrected chi connectivity index (χ3v) is 3.18. The fraction of sp³-hybridized carbons (Fsp3) is 0.462. The van der Waals surface area contributed by atoms with E-state index >= 15 is 0 Å². The summed E-state index contributed by atoms with van der Waals surface area (Å²) in [6.45, 7) is 5.58. The highest BCUT2D eigenvalue weighted by molar-refractivity contribution is 5.96. The third kappa shape index (κ3) is 2.56. The molecule has 5 nitrogen and oxygen atoms in total. The van der Waals surface area contributed by atoms with Crippen LogP contribution in [0.5, 0.6) is 0 Å². The van der Waals surface area contributed by atoms with E-state index in [9.17, 15) is 4.79 Å². The monoisotopic (exact) mass is 248 g/mol. The van der Waals surface area contributed by atoms with Gasteiger partial charge >= 0.3 is 0 Å². The predicted molar refractivity (Wildman–Crippen MR) is 73.2 cm³/mol. The molecule has 0 radical (unpaired) electrons. The molecule has 0 aromatic heterocycles. The van der Waals surface area contributed by atoms with Gasteiger partial charge in [0.05, 0.1) is 11.4 Å². The molecule has 1 saturated heterocycles. The van der Waals surface area contributed by atoms with E-state index in [-0.39, 0.29) is 5.91 Å². The van der Waals surface area contributed by atoms with Gasteiger partial charge in [0.15, 0.2) is 0 Å². The van der Waals surface area contributed by atoms with E-state index in [0.29, 0.717) is 42.1 Å². The molecule has 1 fully saturated rings. The standard InChI is InChI=1S/C13H20N4O/c1-8-6-17(7-9(2)16-8)13(18)10-3-4-11(14)12(15)5-10/h3-5,8-9,16H,6-7,14-15H2,1-2H3. The number of nitrogens with one attached hydrogen (secondary N) is 1. The van der Waals surface area contributed by atoms with Crippen LogP contribution in [0, 0.1) is 0 Å². The molecule has 2 unspecified atom stereocenters. The van der Waals surface area contributed by atoms with Crippen molar-refractivity contribution >= 4 is 17.3 Å². The minimum Gasteiger partial charge on any atom is -0.397 e. The second kappa shape index (κ2) is 4.86. The zero-order valence-corrected chi connectivity index (χ0v) is 10.8. The Morgan fingerprint density at radius 3 is 2.39 bits per heavy atom. The fourth-order valence-electron chi connectivity index (χ4n) is 2.38. The van der Waals surface area contributed by atoms with Crippen LogP contribution in [-0.2, 0) is 0 Å². The Kier molecular flexibility index (Phi) is 3.43. The lowest BCUT2D eigenvalue weighted by atomic mass is 10.1. The molecule has 0 saturated carbocycles. The first-order valence-corrected chi connectivity index (χ1v) is 6.17. The number of hydrogen-bond donors (Lipinski definition) is 3. The van der Waals surface area contributed by atoms with Gasteiger partial charge in [0.1, 0.15) is 0 Å². The van der Waals surface area contributed by atoms with Gasteiger partial charge in [0.2, 0.25) is 0 Å². The Hall–Kier alpha value is -1.75. The fourth-order valence-corrected chi connectivity index (χ4v) is 2.38. The molecule has 1 heterocycles. The smallest absolute Gasteiger partial charge is 0.254 e. The number of nitrogens with zero attached hydrogens (tertiary/aromatic N) is 1. The van der Waals surface area contributed by atoms with E-state index in [0.717, 1.165) is 0 Å². The molecule has 0 spiro atoms. The number of hydrogen-bond acceptors (Lipinski definition) is 4. The van der Waals surface area contributed by atoms with Crippen molar-refractivity contribution in [1.29, 1.82) is 0 Å². The van der Waals surface area contributed by atoms with Crippen LogP contribution in [0.4, 0.5) is 11.4 Å². The number of nitrogens with two attached hydrogens (primary N) is 2. The molecule has 0 bridgehead atoms. The van der Waals surface area contributed by atoms with Crippen LogP contribution in [-0.4, -0.2) is 36.0 Å². The summed E-state index contributed by atoms with van der Waals surface area (Å²) >= 11 is 0. The number of rotatable bonds is 1. The van der Waals surface area contributed by atoms with E-state index in [2.05, 4.69) is 19.2 Å². The van der Waals surface area contributed by atoms with Gasteiger partial charge in [0, 0.05) is 30.7 Å². The van der Waals surface area contributed by atoms with Crippen molar-refractivity contribution in [3.8, 4) is 0 Å². The summed E-state index contributed by atoms with van der Waals surface area (Å²) in [5, 5.41) is 3.40. The van der Waals surface area contributed by atoms with E-state index in [4.69, 9.17) is 11.5 Å². The van der Waals surface area contributed by atoms with Crippen LogP contribution < -0.4 is 16.8 Å². The average molecular weight is 248 g/mol. The zero-order chi connectivity index (χ0) is 13.3. The molecule has 5 heteroatoms. The summed E-state index contributed by atoms with van der Waals surface area (Å²) in [6, 6.07) is 5.67. The first-order valence-electron chi connectivity index (χ1n) is 6.17. The van der Waals surface area contributed by atoms with E-state index < -0.39 is 0 Å². The Bertz CT molecular complexity index is 450. The van der Waals surface area contributed by atoms with Gasteiger partial charge in [-0.2, -0.15) is 0 Å².